The van der Waals surface area contributed by atoms with Gasteiger partial charge in [-0.25, -0.2) is 0 Å². The van der Waals surface area contributed by atoms with Crippen molar-refractivity contribution in [3.05, 3.63) is 25.1 Å². The van der Waals surface area contributed by atoms with Gasteiger partial charge in [0.05, 0.1) is 11.9 Å². The molecule has 1 aliphatic heterocycles. The molecular formula is C35H61N5O4. The lowest BCUT2D eigenvalue weighted by atomic mass is 9.82. The molecule has 1 heterocycles. The molecule has 0 spiro atoms. The summed E-state index contributed by atoms with van der Waals surface area (Å²) in [4.78, 5) is 54.7. The van der Waals surface area contributed by atoms with Gasteiger partial charge in [0.1, 0.15) is 12.1 Å². The molecule has 0 radical (unpaired) electrons. The van der Waals surface area contributed by atoms with Crippen LogP contribution in [0.4, 0.5) is 0 Å². The molecule has 1 saturated carbocycles. The second-order valence-corrected chi connectivity index (χ2v) is 14.3. The van der Waals surface area contributed by atoms with Gasteiger partial charge in [-0.1, -0.05) is 79.9 Å². The van der Waals surface area contributed by atoms with Gasteiger partial charge in [-0.15, -0.1) is 0 Å². The monoisotopic (exact) mass is 615 g/mol. The van der Waals surface area contributed by atoms with Crippen molar-refractivity contribution in [3.8, 4) is 0 Å². The van der Waals surface area contributed by atoms with Gasteiger partial charge in [-0.05, 0) is 69.3 Å². The fourth-order valence-electron chi connectivity index (χ4n) is 6.55. The molecule has 0 aromatic rings. The van der Waals surface area contributed by atoms with Crippen LogP contribution in [0.25, 0.3) is 0 Å². The Labute approximate surface area is 266 Å². The number of carbonyl (C=O) groups is 4. The Kier molecular flexibility index (Phi) is 14.9. The summed E-state index contributed by atoms with van der Waals surface area (Å²) in [5, 5.41) is 12.9. The summed E-state index contributed by atoms with van der Waals surface area (Å²) in [6.07, 6.45) is 10.1. The first-order valence-corrected chi connectivity index (χ1v) is 17.0. The van der Waals surface area contributed by atoms with Gasteiger partial charge in [0.2, 0.25) is 17.7 Å². The van der Waals surface area contributed by atoms with Gasteiger partial charge < -0.3 is 26.2 Å². The third-order valence-corrected chi connectivity index (χ3v) is 9.21. The van der Waals surface area contributed by atoms with E-state index in [-0.39, 0.29) is 52.8 Å². The Morgan fingerprint density at radius 3 is 2.16 bits per heavy atom. The van der Waals surface area contributed by atoms with Crippen molar-refractivity contribution >= 4 is 23.5 Å². The lowest BCUT2D eigenvalue weighted by Gasteiger charge is -2.38. The van der Waals surface area contributed by atoms with Crippen LogP contribution in [0.1, 0.15) is 119 Å². The van der Waals surface area contributed by atoms with Crippen molar-refractivity contribution in [2.75, 3.05) is 6.54 Å². The van der Waals surface area contributed by atoms with Crippen LogP contribution in [-0.2, 0) is 19.2 Å². The molecule has 9 nitrogen and oxygen atoms in total. The minimum atomic E-state index is -0.629. The minimum absolute atomic E-state index is 0.0182. The molecule has 4 unspecified atom stereocenters. The van der Waals surface area contributed by atoms with E-state index in [1.54, 1.807) is 4.90 Å². The molecule has 3 amide bonds. The number of ketones is 1. The number of hydrogen-bond donors (Lipinski definition) is 4. The average molecular weight is 616 g/mol. The van der Waals surface area contributed by atoms with Crippen molar-refractivity contribution in [2.45, 2.75) is 149 Å². The highest BCUT2D eigenvalue weighted by Crippen LogP contribution is 2.32. The Bertz CT molecular complexity index is 998. The van der Waals surface area contributed by atoms with Crippen molar-refractivity contribution in [1.82, 2.24) is 26.2 Å². The topological polar surface area (TPSA) is 120 Å². The third kappa shape index (κ3) is 11.3. The predicted molar refractivity (Wildman–Crippen MR) is 177 cm³/mol. The number of nitrogens with zero attached hydrogens (tertiary/aromatic N) is 1. The lowest BCUT2D eigenvalue weighted by Crippen LogP contribution is -2.57. The molecule has 0 bridgehead atoms. The van der Waals surface area contributed by atoms with Crippen LogP contribution < -0.4 is 21.3 Å². The van der Waals surface area contributed by atoms with E-state index in [9.17, 15) is 19.2 Å². The fourth-order valence-corrected chi connectivity index (χ4v) is 6.55. The van der Waals surface area contributed by atoms with Gasteiger partial charge in [-0.2, -0.15) is 0 Å². The normalized spacial score (nSPS) is 21.2. The van der Waals surface area contributed by atoms with E-state index in [4.69, 9.17) is 0 Å². The number of amides is 3. The predicted octanol–water partition coefficient (Wildman–Crippen LogP) is 4.97. The maximum absolute atomic E-state index is 14.4. The Hall–Kier alpha value is -2.84. The van der Waals surface area contributed by atoms with Crippen molar-refractivity contribution in [3.63, 3.8) is 0 Å². The standard InChI is InChI=1S/C35H61N5O4/c1-10-16-27(29(41)12-3)39-33(43)28-21-25(11-2)22-40(28)34(44)32(26-17-14-13-15-18-26)38-24(6)37-30(35(7,8)9)19-20-31(42)36-23(4)5/h12,23,25-28,30,32,37-38H,3,6,10-11,13-22H2,1-2,4-5,7-9H3,(H,36,42)(H,39,43)/t25-,27?,28?,30?,32?/m1/s1. The average Bonchev–Trinajstić information content (AvgIpc) is 3.41. The van der Waals surface area contributed by atoms with Crippen LogP contribution in [-0.4, -0.2) is 65.2 Å². The van der Waals surface area contributed by atoms with Crippen LogP contribution in [0.3, 0.4) is 0 Å². The van der Waals surface area contributed by atoms with E-state index >= 15 is 0 Å². The first-order valence-electron chi connectivity index (χ1n) is 17.0. The lowest BCUT2D eigenvalue weighted by molar-refractivity contribution is -0.141. The van der Waals surface area contributed by atoms with E-state index in [0.717, 1.165) is 44.9 Å². The van der Waals surface area contributed by atoms with Crippen LogP contribution in [0, 0.1) is 17.3 Å². The second kappa shape index (κ2) is 17.6. The third-order valence-electron chi connectivity index (χ3n) is 9.21. The molecule has 0 aromatic heterocycles. The summed E-state index contributed by atoms with van der Waals surface area (Å²) in [7, 11) is 0. The van der Waals surface area contributed by atoms with Crippen molar-refractivity contribution < 1.29 is 19.2 Å². The Morgan fingerprint density at radius 1 is 0.955 bits per heavy atom. The zero-order valence-corrected chi connectivity index (χ0v) is 28.6. The van der Waals surface area contributed by atoms with E-state index in [1.165, 1.54) is 6.08 Å². The highest BCUT2D eigenvalue weighted by atomic mass is 16.2. The maximum Gasteiger partial charge on any atom is 0.246 e. The largest absolute Gasteiger partial charge is 0.369 e. The summed E-state index contributed by atoms with van der Waals surface area (Å²) < 4.78 is 0. The summed E-state index contributed by atoms with van der Waals surface area (Å²) >= 11 is 0. The molecule has 2 fully saturated rings. The number of rotatable bonds is 17. The zero-order chi connectivity index (χ0) is 33.0. The molecule has 4 N–H and O–H groups in total. The molecule has 2 aliphatic rings. The van der Waals surface area contributed by atoms with Crippen molar-refractivity contribution in [2.24, 2.45) is 17.3 Å². The molecule has 2 rings (SSSR count). The summed E-state index contributed by atoms with van der Waals surface area (Å²) in [5.74, 6) is 0.359. The summed E-state index contributed by atoms with van der Waals surface area (Å²) in [5.41, 5.74) is -0.155. The molecule has 1 aliphatic carbocycles. The molecule has 44 heavy (non-hydrogen) atoms. The van der Waals surface area contributed by atoms with Gasteiger partial charge >= 0.3 is 0 Å². The van der Waals surface area contributed by atoms with Gasteiger partial charge in [0.25, 0.3) is 0 Å². The van der Waals surface area contributed by atoms with Gasteiger partial charge in [0.15, 0.2) is 5.78 Å². The van der Waals surface area contributed by atoms with E-state index < -0.39 is 18.1 Å². The molecule has 250 valence electrons. The minimum Gasteiger partial charge on any atom is -0.369 e. The molecule has 5 atom stereocenters. The van der Waals surface area contributed by atoms with E-state index in [0.29, 0.717) is 38.0 Å². The Morgan fingerprint density at radius 2 is 1.61 bits per heavy atom. The molecular weight excluding hydrogens is 554 g/mol. The van der Waals surface area contributed by atoms with Crippen molar-refractivity contribution in [1.29, 1.82) is 0 Å². The smallest absolute Gasteiger partial charge is 0.246 e. The number of nitrogens with one attached hydrogen (secondary N) is 4. The van der Waals surface area contributed by atoms with E-state index in [1.807, 2.05) is 20.8 Å². The highest BCUT2D eigenvalue weighted by molar-refractivity contribution is 5.98. The first kappa shape index (κ1) is 37.3. The quantitative estimate of drug-likeness (QED) is 0.172. The number of hydrogen-bond acceptors (Lipinski definition) is 6. The summed E-state index contributed by atoms with van der Waals surface area (Å²) in [6.45, 7) is 22.7. The Balaban J connectivity index is 2.26. The van der Waals surface area contributed by atoms with Crippen LogP contribution >= 0.6 is 0 Å². The number of likely N-dealkylation sites (tertiary alicyclic amines) is 1. The molecule has 9 heteroatoms. The van der Waals surface area contributed by atoms with Gasteiger partial charge in [-0.3, -0.25) is 19.2 Å². The van der Waals surface area contributed by atoms with E-state index in [2.05, 4.69) is 62.1 Å². The fraction of sp³-hybridized carbons (Fsp3) is 0.771. The first-order chi connectivity index (χ1) is 20.7. The second-order valence-electron chi connectivity index (χ2n) is 14.3. The molecule has 0 aromatic carbocycles. The summed E-state index contributed by atoms with van der Waals surface area (Å²) in [6, 6.07) is -1.73. The highest BCUT2D eigenvalue weighted by Gasteiger charge is 2.44. The van der Waals surface area contributed by atoms with Gasteiger partial charge in [0, 0.05) is 25.0 Å². The molecule has 1 saturated heterocycles. The zero-order valence-electron chi connectivity index (χ0n) is 28.6. The van der Waals surface area contributed by atoms with Crippen LogP contribution in [0.15, 0.2) is 25.1 Å². The number of carbonyl (C=O) groups excluding carboxylic acids is 4. The van der Waals surface area contributed by atoms with Crippen LogP contribution in [0.2, 0.25) is 0 Å². The SMILES string of the molecule is C=CC(=O)C(CCC)NC(=O)C1C[C@@H](CC)CN1C(=O)C(NC(=C)NC(CCC(=O)NC(C)C)C(C)(C)C)C1CCCCC1. The van der Waals surface area contributed by atoms with Crippen LogP contribution in [0.5, 0.6) is 0 Å². The maximum atomic E-state index is 14.4.